The van der Waals surface area contributed by atoms with Crippen molar-refractivity contribution in [2.45, 2.75) is 6.42 Å². The second kappa shape index (κ2) is 6.46. The number of nitrogens with one attached hydrogen (secondary N) is 1. The van der Waals surface area contributed by atoms with Gasteiger partial charge in [-0.2, -0.15) is 0 Å². The fourth-order valence-corrected chi connectivity index (χ4v) is 1.98. The van der Waals surface area contributed by atoms with E-state index in [2.05, 4.69) is 52.7 Å². The summed E-state index contributed by atoms with van der Waals surface area (Å²) < 4.78 is 0. The molecule has 0 spiro atoms. The van der Waals surface area contributed by atoms with Gasteiger partial charge >= 0.3 is 0 Å². The second-order valence-corrected chi connectivity index (χ2v) is 4.19. The Kier molecular flexibility index (Phi) is 4.59. The van der Waals surface area contributed by atoms with Crippen LogP contribution in [0.4, 0.5) is 0 Å². The van der Waals surface area contributed by atoms with Gasteiger partial charge in [-0.1, -0.05) is 42.5 Å². The summed E-state index contributed by atoms with van der Waals surface area (Å²) in [6.45, 7) is 5.86. The lowest BCUT2D eigenvalue weighted by molar-refractivity contribution is 0.245. The Morgan fingerprint density at radius 2 is 1.88 bits per heavy atom. The van der Waals surface area contributed by atoms with Crippen LogP contribution in [0.15, 0.2) is 36.4 Å². The molecular formula is C14H20N2. The number of benzene rings is 1. The molecule has 1 aromatic carbocycles. The lowest BCUT2D eigenvalue weighted by atomic mass is 10.2. The van der Waals surface area contributed by atoms with Crippen molar-refractivity contribution in [1.29, 1.82) is 0 Å². The molecule has 0 aromatic heterocycles. The SMILES string of the molecule is C(=C\c1ccccc1)/CCN1CCNCC1. The van der Waals surface area contributed by atoms with E-state index in [0.717, 1.165) is 19.5 Å². The minimum atomic E-state index is 1.14. The highest BCUT2D eigenvalue weighted by atomic mass is 15.2. The normalized spacial score (nSPS) is 18.0. The van der Waals surface area contributed by atoms with E-state index in [1.54, 1.807) is 0 Å². The Labute approximate surface area is 98.0 Å². The van der Waals surface area contributed by atoms with Crippen molar-refractivity contribution >= 4 is 6.08 Å². The molecule has 2 heteroatoms. The summed E-state index contributed by atoms with van der Waals surface area (Å²) in [5.41, 5.74) is 1.29. The second-order valence-electron chi connectivity index (χ2n) is 4.19. The first-order chi connectivity index (χ1) is 7.95. The monoisotopic (exact) mass is 216 g/mol. The molecule has 86 valence electrons. The zero-order chi connectivity index (χ0) is 11.1. The average Bonchev–Trinajstić information content (AvgIpc) is 2.37. The van der Waals surface area contributed by atoms with Gasteiger partial charge in [0.1, 0.15) is 0 Å². The molecule has 1 aromatic rings. The Morgan fingerprint density at radius 1 is 1.12 bits per heavy atom. The standard InChI is InChI=1S/C14H20N2/c1-2-6-14(7-3-1)8-4-5-11-16-12-9-15-10-13-16/h1-4,6-8,15H,5,9-13H2/b8-4+. The van der Waals surface area contributed by atoms with Crippen LogP contribution in [0.5, 0.6) is 0 Å². The van der Waals surface area contributed by atoms with Crippen molar-refractivity contribution in [3.63, 3.8) is 0 Å². The van der Waals surface area contributed by atoms with Gasteiger partial charge < -0.3 is 10.2 Å². The zero-order valence-electron chi connectivity index (χ0n) is 9.73. The molecule has 0 bridgehead atoms. The molecule has 0 atom stereocenters. The van der Waals surface area contributed by atoms with Crippen LogP contribution in [0, 0.1) is 0 Å². The molecule has 0 amide bonds. The van der Waals surface area contributed by atoms with Gasteiger partial charge in [-0.25, -0.2) is 0 Å². The molecule has 2 rings (SSSR count). The maximum atomic E-state index is 3.37. The van der Waals surface area contributed by atoms with Crippen molar-refractivity contribution in [2.75, 3.05) is 32.7 Å². The summed E-state index contributed by atoms with van der Waals surface area (Å²) in [6.07, 6.45) is 5.63. The minimum absolute atomic E-state index is 1.14. The van der Waals surface area contributed by atoms with Crippen LogP contribution in [0.2, 0.25) is 0 Å². The fraction of sp³-hybridized carbons (Fsp3) is 0.429. The molecule has 1 aliphatic heterocycles. The molecule has 1 fully saturated rings. The van der Waals surface area contributed by atoms with Gasteiger partial charge in [-0.05, 0) is 12.0 Å². The van der Waals surface area contributed by atoms with Gasteiger partial charge in [-0.3, -0.25) is 0 Å². The van der Waals surface area contributed by atoms with Gasteiger partial charge in [0.25, 0.3) is 0 Å². The lowest BCUT2D eigenvalue weighted by Crippen LogP contribution is -2.43. The van der Waals surface area contributed by atoms with E-state index in [-0.39, 0.29) is 0 Å². The van der Waals surface area contributed by atoms with E-state index in [4.69, 9.17) is 0 Å². The van der Waals surface area contributed by atoms with Gasteiger partial charge in [0.05, 0.1) is 0 Å². The highest BCUT2D eigenvalue weighted by molar-refractivity contribution is 5.48. The van der Waals surface area contributed by atoms with E-state index < -0.39 is 0 Å². The minimum Gasteiger partial charge on any atom is -0.314 e. The summed E-state index contributed by atoms with van der Waals surface area (Å²) in [4.78, 5) is 2.52. The van der Waals surface area contributed by atoms with E-state index in [0.29, 0.717) is 0 Å². The first-order valence-corrected chi connectivity index (χ1v) is 6.10. The van der Waals surface area contributed by atoms with Crippen molar-refractivity contribution in [3.05, 3.63) is 42.0 Å². The Bertz CT molecular complexity index is 313. The topological polar surface area (TPSA) is 15.3 Å². The third-order valence-corrected chi connectivity index (χ3v) is 2.93. The van der Waals surface area contributed by atoms with Crippen LogP contribution in [-0.2, 0) is 0 Å². The fourth-order valence-electron chi connectivity index (χ4n) is 1.98. The first-order valence-electron chi connectivity index (χ1n) is 6.10. The smallest absolute Gasteiger partial charge is 0.0107 e. The predicted octanol–water partition coefficient (Wildman–Crippen LogP) is 2.00. The van der Waals surface area contributed by atoms with Crippen molar-refractivity contribution < 1.29 is 0 Å². The Balaban J connectivity index is 1.69. The Hall–Kier alpha value is -1.12. The van der Waals surface area contributed by atoms with Gasteiger partial charge in [-0.15, -0.1) is 0 Å². The van der Waals surface area contributed by atoms with Crippen LogP contribution in [0.1, 0.15) is 12.0 Å². The third-order valence-electron chi connectivity index (χ3n) is 2.93. The number of piperazine rings is 1. The van der Waals surface area contributed by atoms with Crippen LogP contribution >= 0.6 is 0 Å². The molecule has 1 heterocycles. The summed E-state index contributed by atoms with van der Waals surface area (Å²) in [6, 6.07) is 10.5. The highest BCUT2D eigenvalue weighted by Gasteiger charge is 2.06. The summed E-state index contributed by atoms with van der Waals surface area (Å²) >= 11 is 0. The maximum Gasteiger partial charge on any atom is 0.0107 e. The van der Waals surface area contributed by atoms with Gasteiger partial charge in [0.2, 0.25) is 0 Å². The first kappa shape index (κ1) is 11.4. The highest BCUT2D eigenvalue weighted by Crippen LogP contribution is 2.02. The zero-order valence-corrected chi connectivity index (χ0v) is 9.73. The molecule has 2 nitrogen and oxygen atoms in total. The molecule has 1 N–H and O–H groups in total. The average molecular weight is 216 g/mol. The number of hydrogen-bond acceptors (Lipinski definition) is 2. The maximum absolute atomic E-state index is 3.37. The summed E-state index contributed by atoms with van der Waals surface area (Å²) in [5, 5.41) is 3.37. The van der Waals surface area contributed by atoms with Crippen molar-refractivity contribution in [2.24, 2.45) is 0 Å². The van der Waals surface area contributed by atoms with E-state index in [1.807, 2.05) is 0 Å². The van der Waals surface area contributed by atoms with E-state index in [1.165, 1.54) is 25.2 Å². The third kappa shape index (κ3) is 3.80. The molecule has 0 radical (unpaired) electrons. The predicted molar refractivity (Wildman–Crippen MR) is 69.4 cm³/mol. The van der Waals surface area contributed by atoms with E-state index >= 15 is 0 Å². The number of rotatable bonds is 4. The van der Waals surface area contributed by atoms with Crippen LogP contribution in [0.25, 0.3) is 6.08 Å². The lowest BCUT2D eigenvalue weighted by Gasteiger charge is -2.26. The van der Waals surface area contributed by atoms with Gasteiger partial charge in [0.15, 0.2) is 0 Å². The Morgan fingerprint density at radius 3 is 2.62 bits per heavy atom. The largest absolute Gasteiger partial charge is 0.314 e. The summed E-state index contributed by atoms with van der Waals surface area (Å²) in [5.74, 6) is 0. The molecular weight excluding hydrogens is 196 g/mol. The van der Waals surface area contributed by atoms with Crippen molar-refractivity contribution in [3.8, 4) is 0 Å². The molecule has 1 aliphatic rings. The van der Waals surface area contributed by atoms with Crippen LogP contribution < -0.4 is 5.32 Å². The quantitative estimate of drug-likeness (QED) is 0.828. The number of nitrogens with zero attached hydrogens (tertiary/aromatic N) is 1. The molecule has 0 saturated carbocycles. The molecule has 0 aliphatic carbocycles. The van der Waals surface area contributed by atoms with E-state index in [9.17, 15) is 0 Å². The molecule has 1 saturated heterocycles. The van der Waals surface area contributed by atoms with Crippen LogP contribution in [-0.4, -0.2) is 37.6 Å². The van der Waals surface area contributed by atoms with Gasteiger partial charge in [0, 0.05) is 32.7 Å². The summed E-state index contributed by atoms with van der Waals surface area (Å²) in [7, 11) is 0. The molecule has 16 heavy (non-hydrogen) atoms. The van der Waals surface area contributed by atoms with Crippen LogP contribution in [0.3, 0.4) is 0 Å². The molecule has 0 unspecified atom stereocenters. The van der Waals surface area contributed by atoms with Crippen molar-refractivity contribution in [1.82, 2.24) is 10.2 Å². The number of hydrogen-bond donors (Lipinski definition) is 1.